The SMILES string of the molecule is CCOC(=O)c1ccc(NC(=O)COC(=O)/C=C/c2cccc(OC)c2)cc1. The number of hydrogen-bond acceptors (Lipinski definition) is 6. The fraction of sp³-hybridized carbons (Fsp3) is 0.190. The topological polar surface area (TPSA) is 90.9 Å². The zero-order valence-electron chi connectivity index (χ0n) is 15.6. The van der Waals surface area contributed by atoms with Crippen LogP contribution in [0.4, 0.5) is 5.69 Å². The molecule has 7 nitrogen and oxygen atoms in total. The van der Waals surface area contributed by atoms with Crippen molar-refractivity contribution in [2.45, 2.75) is 6.92 Å². The molecule has 0 saturated heterocycles. The average Bonchev–Trinajstić information content (AvgIpc) is 2.71. The van der Waals surface area contributed by atoms with Crippen LogP contribution in [0.1, 0.15) is 22.8 Å². The molecular formula is C21H21NO6. The lowest BCUT2D eigenvalue weighted by Crippen LogP contribution is -2.20. The third kappa shape index (κ3) is 6.60. The Labute approximate surface area is 162 Å². The summed E-state index contributed by atoms with van der Waals surface area (Å²) in [4.78, 5) is 35.2. The molecule has 2 rings (SSSR count). The van der Waals surface area contributed by atoms with Gasteiger partial charge in [-0.1, -0.05) is 12.1 Å². The molecule has 1 amide bonds. The molecule has 0 saturated carbocycles. The average molecular weight is 383 g/mol. The van der Waals surface area contributed by atoms with E-state index in [1.165, 1.54) is 18.2 Å². The van der Waals surface area contributed by atoms with Crippen molar-refractivity contribution in [2.24, 2.45) is 0 Å². The molecule has 0 aliphatic heterocycles. The number of carbonyl (C=O) groups excluding carboxylic acids is 3. The van der Waals surface area contributed by atoms with Gasteiger partial charge in [0.25, 0.3) is 5.91 Å². The molecule has 28 heavy (non-hydrogen) atoms. The Morgan fingerprint density at radius 2 is 1.79 bits per heavy atom. The van der Waals surface area contributed by atoms with E-state index in [-0.39, 0.29) is 6.61 Å². The second-order valence-corrected chi connectivity index (χ2v) is 5.56. The fourth-order valence-electron chi connectivity index (χ4n) is 2.20. The van der Waals surface area contributed by atoms with Gasteiger partial charge in [-0.3, -0.25) is 4.79 Å². The number of hydrogen-bond donors (Lipinski definition) is 1. The summed E-state index contributed by atoms with van der Waals surface area (Å²) in [6.07, 6.45) is 2.80. The second-order valence-electron chi connectivity index (χ2n) is 5.56. The van der Waals surface area contributed by atoms with E-state index in [1.807, 2.05) is 0 Å². The smallest absolute Gasteiger partial charge is 0.338 e. The van der Waals surface area contributed by atoms with Crippen molar-refractivity contribution >= 4 is 29.6 Å². The first kappa shape index (κ1) is 20.7. The van der Waals surface area contributed by atoms with Gasteiger partial charge in [0.2, 0.25) is 0 Å². The number of benzene rings is 2. The van der Waals surface area contributed by atoms with E-state index in [1.54, 1.807) is 56.5 Å². The van der Waals surface area contributed by atoms with Gasteiger partial charge in [0.1, 0.15) is 5.75 Å². The zero-order valence-corrected chi connectivity index (χ0v) is 15.6. The van der Waals surface area contributed by atoms with Gasteiger partial charge in [-0.2, -0.15) is 0 Å². The second kappa shape index (κ2) is 10.5. The van der Waals surface area contributed by atoms with Gasteiger partial charge in [-0.15, -0.1) is 0 Å². The molecule has 2 aromatic carbocycles. The highest BCUT2D eigenvalue weighted by Gasteiger charge is 2.08. The Bertz CT molecular complexity index is 857. The van der Waals surface area contributed by atoms with E-state index < -0.39 is 24.5 Å². The van der Waals surface area contributed by atoms with Gasteiger partial charge in [0.15, 0.2) is 6.61 Å². The number of esters is 2. The highest BCUT2D eigenvalue weighted by Crippen LogP contribution is 2.14. The monoisotopic (exact) mass is 383 g/mol. The predicted molar refractivity (Wildman–Crippen MR) is 104 cm³/mol. The quantitative estimate of drug-likeness (QED) is 0.556. The third-order valence-electron chi connectivity index (χ3n) is 3.53. The van der Waals surface area contributed by atoms with Gasteiger partial charge in [-0.25, -0.2) is 9.59 Å². The Balaban J connectivity index is 1.80. The van der Waals surface area contributed by atoms with Crippen LogP contribution in [0.25, 0.3) is 6.08 Å². The highest BCUT2D eigenvalue weighted by atomic mass is 16.5. The van der Waals surface area contributed by atoms with Crippen LogP contribution < -0.4 is 10.1 Å². The molecule has 0 radical (unpaired) electrons. The molecule has 0 spiro atoms. The van der Waals surface area contributed by atoms with Crippen LogP contribution in [-0.2, 0) is 19.1 Å². The number of carbonyl (C=O) groups is 3. The Morgan fingerprint density at radius 3 is 2.46 bits per heavy atom. The third-order valence-corrected chi connectivity index (χ3v) is 3.53. The molecule has 7 heteroatoms. The number of amides is 1. The summed E-state index contributed by atoms with van der Waals surface area (Å²) < 4.78 is 14.9. The molecule has 0 aliphatic carbocycles. The van der Waals surface area contributed by atoms with Crippen LogP contribution >= 0.6 is 0 Å². The van der Waals surface area contributed by atoms with Crippen molar-refractivity contribution in [1.82, 2.24) is 0 Å². The highest BCUT2D eigenvalue weighted by molar-refractivity contribution is 5.95. The molecule has 0 bridgehead atoms. The van der Waals surface area contributed by atoms with E-state index in [4.69, 9.17) is 14.2 Å². The van der Waals surface area contributed by atoms with Crippen LogP contribution in [0, 0.1) is 0 Å². The van der Waals surface area contributed by atoms with Gasteiger partial charge in [0.05, 0.1) is 19.3 Å². The molecule has 0 aromatic heterocycles. The Kier molecular flexibility index (Phi) is 7.77. The zero-order chi connectivity index (χ0) is 20.4. The maximum absolute atomic E-state index is 11.9. The summed E-state index contributed by atoms with van der Waals surface area (Å²) in [5, 5.41) is 2.58. The number of ether oxygens (including phenoxy) is 3. The van der Waals surface area contributed by atoms with Gasteiger partial charge >= 0.3 is 11.9 Å². The van der Waals surface area contributed by atoms with Crippen LogP contribution in [0.15, 0.2) is 54.6 Å². The van der Waals surface area contributed by atoms with Gasteiger partial charge in [-0.05, 0) is 55.0 Å². The van der Waals surface area contributed by atoms with Crippen molar-refractivity contribution in [3.05, 3.63) is 65.7 Å². The fourth-order valence-corrected chi connectivity index (χ4v) is 2.20. The summed E-state index contributed by atoms with van der Waals surface area (Å²) in [6, 6.07) is 13.4. The lowest BCUT2D eigenvalue weighted by atomic mass is 10.2. The Hall–Kier alpha value is -3.61. The number of nitrogens with one attached hydrogen (secondary N) is 1. The maximum atomic E-state index is 11.9. The maximum Gasteiger partial charge on any atom is 0.338 e. The van der Waals surface area contributed by atoms with Crippen molar-refractivity contribution in [3.63, 3.8) is 0 Å². The first-order valence-electron chi connectivity index (χ1n) is 8.57. The van der Waals surface area contributed by atoms with Crippen LogP contribution in [-0.4, -0.2) is 38.2 Å². The Morgan fingerprint density at radius 1 is 1.04 bits per heavy atom. The molecule has 0 atom stereocenters. The molecule has 0 aliphatic rings. The first-order valence-corrected chi connectivity index (χ1v) is 8.57. The molecule has 1 N–H and O–H groups in total. The van der Waals surface area contributed by atoms with E-state index in [0.29, 0.717) is 17.0 Å². The molecular weight excluding hydrogens is 362 g/mol. The number of methoxy groups -OCH3 is 1. The molecule has 2 aromatic rings. The van der Waals surface area contributed by atoms with Gasteiger partial charge < -0.3 is 19.5 Å². The first-order chi connectivity index (χ1) is 13.5. The largest absolute Gasteiger partial charge is 0.497 e. The van der Waals surface area contributed by atoms with Crippen molar-refractivity contribution in [1.29, 1.82) is 0 Å². The summed E-state index contributed by atoms with van der Waals surface area (Å²) in [7, 11) is 1.56. The minimum atomic E-state index is -0.643. The van der Waals surface area contributed by atoms with Crippen molar-refractivity contribution in [2.75, 3.05) is 25.6 Å². The van der Waals surface area contributed by atoms with E-state index >= 15 is 0 Å². The van der Waals surface area contributed by atoms with E-state index in [0.717, 1.165) is 5.56 Å². The summed E-state index contributed by atoms with van der Waals surface area (Å²) in [5.74, 6) is -0.899. The molecule has 146 valence electrons. The number of rotatable bonds is 8. The summed E-state index contributed by atoms with van der Waals surface area (Å²) in [6.45, 7) is 1.58. The van der Waals surface area contributed by atoms with E-state index in [9.17, 15) is 14.4 Å². The van der Waals surface area contributed by atoms with Crippen LogP contribution in [0.5, 0.6) is 5.75 Å². The standard InChI is InChI=1S/C21H21NO6/c1-3-27-21(25)16-8-10-17(11-9-16)22-19(23)14-28-20(24)12-7-15-5-4-6-18(13-15)26-2/h4-13H,3,14H2,1-2H3,(H,22,23)/b12-7+. The van der Waals surface area contributed by atoms with Gasteiger partial charge in [0, 0.05) is 11.8 Å². The lowest BCUT2D eigenvalue weighted by Gasteiger charge is -2.06. The van der Waals surface area contributed by atoms with Crippen LogP contribution in [0.3, 0.4) is 0 Å². The summed E-state index contributed by atoms with van der Waals surface area (Å²) in [5.41, 5.74) is 1.62. The number of anilines is 1. The van der Waals surface area contributed by atoms with Crippen molar-refractivity contribution in [3.8, 4) is 5.75 Å². The molecule has 0 fully saturated rings. The molecule has 0 unspecified atom stereocenters. The minimum Gasteiger partial charge on any atom is -0.497 e. The summed E-state index contributed by atoms with van der Waals surface area (Å²) >= 11 is 0. The van der Waals surface area contributed by atoms with E-state index in [2.05, 4.69) is 5.32 Å². The molecule has 0 heterocycles. The minimum absolute atomic E-state index is 0.287. The van der Waals surface area contributed by atoms with Crippen LogP contribution in [0.2, 0.25) is 0 Å². The predicted octanol–water partition coefficient (Wildman–Crippen LogP) is 3.07. The normalized spacial score (nSPS) is 10.4. The van der Waals surface area contributed by atoms with Crippen molar-refractivity contribution < 1.29 is 28.6 Å². The lowest BCUT2D eigenvalue weighted by molar-refractivity contribution is -0.142.